The van der Waals surface area contributed by atoms with Gasteiger partial charge in [0.2, 0.25) is 0 Å². The predicted molar refractivity (Wildman–Crippen MR) is 73.6 cm³/mol. The van der Waals surface area contributed by atoms with Crippen LogP contribution in [0.15, 0.2) is 18.2 Å². The van der Waals surface area contributed by atoms with E-state index in [1.807, 2.05) is 20.8 Å². The molecule has 22 heavy (non-hydrogen) atoms. The zero-order valence-electron chi connectivity index (χ0n) is 13.0. The SMILES string of the molecule is CCC(C)(CC)C(C)c1cc(C(F)(F)F)cc(C(F)(F)F)c1. The number of alkyl halides is 6. The van der Waals surface area contributed by atoms with E-state index in [1.54, 1.807) is 6.92 Å². The van der Waals surface area contributed by atoms with Crippen molar-refractivity contribution in [1.29, 1.82) is 0 Å². The van der Waals surface area contributed by atoms with E-state index in [-0.39, 0.29) is 17.0 Å². The second-order valence-electron chi connectivity index (χ2n) is 5.92. The van der Waals surface area contributed by atoms with Crippen LogP contribution < -0.4 is 0 Å². The van der Waals surface area contributed by atoms with E-state index in [0.29, 0.717) is 12.8 Å². The van der Waals surface area contributed by atoms with Crippen LogP contribution in [0.4, 0.5) is 26.3 Å². The molecule has 0 aliphatic heterocycles. The molecule has 0 nitrogen and oxygen atoms in total. The Hall–Kier alpha value is -1.20. The van der Waals surface area contributed by atoms with Crippen LogP contribution in [0.3, 0.4) is 0 Å². The standard InChI is InChI=1S/C16H20F6/c1-5-14(4,6-2)10(3)11-7-12(15(17,18)19)9-13(8-11)16(20,21)22/h7-10H,5-6H2,1-4H3. The third-order valence-electron chi connectivity index (χ3n) is 4.77. The van der Waals surface area contributed by atoms with Gasteiger partial charge in [-0.05, 0) is 35.1 Å². The Bertz CT molecular complexity index is 476. The average molecular weight is 326 g/mol. The normalized spacial score (nSPS) is 15.0. The summed E-state index contributed by atoms with van der Waals surface area (Å²) < 4.78 is 77.4. The lowest BCUT2D eigenvalue weighted by Gasteiger charge is -2.35. The molecule has 0 aliphatic carbocycles. The van der Waals surface area contributed by atoms with Crippen molar-refractivity contribution in [1.82, 2.24) is 0 Å². The second kappa shape index (κ2) is 6.13. The van der Waals surface area contributed by atoms with Crippen LogP contribution in [0.1, 0.15) is 63.1 Å². The molecule has 1 rings (SSSR count). The Labute approximate surface area is 126 Å². The highest BCUT2D eigenvalue weighted by molar-refractivity contribution is 5.36. The fourth-order valence-corrected chi connectivity index (χ4v) is 2.49. The number of rotatable bonds is 4. The minimum Gasteiger partial charge on any atom is -0.166 e. The maximum atomic E-state index is 12.9. The van der Waals surface area contributed by atoms with Gasteiger partial charge in [-0.3, -0.25) is 0 Å². The van der Waals surface area contributed by atoms with Gasteiger partial charge in [0, 0.05) is 0 Å². The van der Waals surface area contributed by atoms with Crippen molar-refractivity contribution >= 4 is 0 Å². The summed E-state index contributed by atoms with van der Waals surface area (Å²) in [7, 11) is 0. The quantitative estimate of drug-likeness (QED) is 0.543. The van der Waals surface area contributed by atoms with Gasteiger partial charge in [-0.25, -0.2) is 0 Å². The lowest BCUT2D eigenvalue weighted by molar-refractivity contribution is -0.143. The molecule has 0 bridgehead atoms. The summed E-state index contributed by atoms with van der Waals surface area (Å²) in [5, 5.41) is 0. The molecule has 0 saturated heterocycles. The molecule has 0 aromatic heterocycles. The highest BCUT2D eigenvalue weighted by Gasteiger charge is 2.38. The third kappa shape index (κ3) is 3.96. The maximum absolute atomic E-state index is 12.9. The fraction of sp³-hybridized carbons (Fsp3) is 0.625. The molecule has 1 aromatic carbocycles. The summed E-state index contributed by atoms with van der Waals surface area (Å²) in [5.74, 6) is -0.411. The van der Waals surface area contributed by atoms with Crippen LogP contribution in [0.2, 0.25) is 0 Å². The number of benzene rings is 1. The molecular weight excluding hydrogens is 306 g/mol. The molecule has 0 amide bonds. The van der Waals surface area contributed by atoms with Crippen LogP contribution in [0.25, 0.3) is 0 Å². The smallest absolute Gasteiger partial charge is 0.166 e. The van der Waals surface area contributed by atoms with E-state index in [4.69, 9.17) is 0 Å². The number of halogens is 6. The van der Waals surface area contributed by atoms with Gasteiger partial charge in [-0.15, -0.1) is 0 Å². The van der Waals surface area contributed by atoms with Gasteiger partial charge in [0.25, 0.3) is 0 Å². The van der Waals surface area contributed by atoms with Crippen LogP contribution in [-0.4, -0.2) is 0 Å². The van der Waals surface area contributed by atoms with Crippen LogP contribution in [-0.2, 0) is 12.4 Å². The minimum absolute atomic E-state index is 0.0772. The highest BCUT2D eigenvalue weighted by Crippen LogP contribution is 2.44. The van der Waals surface area contributed by atoms with Crippen molar-refractivity contribution in [2.75, 3.05) is 0 Å². The van der Waals surface area contributed by atoms with E-state index in [0.717, 1.165) is 12.1 Å². The highest BCUT2D eigenvalue weighted by atomic mass is 19.4. The zero-order chi connectivity index (χ0) is 17.3. The summed E-state index contributed by atoms with van der Waals surface area (Å²) in [6.45, 7) is 7.34. The van der Waals surface area contributed by atoms with Crippen molar-refractivity contribution in [3.8, 4) is 0 Å². The first-order valence-electron chi connectivity index (χ1n) is 7.14. The summed E-state index contributed by atoms with van der Waals surface area (Å²) in [4.78, 5) is 0. The molecule has 0 radical (unpaired) electrons. The molecule has 0 spiro atoms. The van der Waals surface area contributed by atoms with Crippen LogP contribution in [0.5, 0.6) is 0 Å². The van der Waals surface area contributed by atoms with E-state index in [1.165, 1.54) is 0 Å². The van der Waals surface area contributed by atoms with Crippen molar-refractivity contribution in [2.24, 2.45) is 5.41 Å². The summed E-state index contributed by atoms with van der Waals surface area (Å²) in [5.41, 5.74) is -2.78. The Kier molecular flexibility index (Phi) is 5.25. The van der Waals surface area contributed by atoms with Crippen LogP contribution >= 0.6 is 0 Å². The molecule has 0 saturated carbocycles. The maximum Gasteiger partial charge on any atom is 0.416 e. The molecule has 6 heteroatoms. The van der Waals surface area contributed by atoms with Gasteiger partial charge in [0.05, 0.1) is 11.1 Å². The molecule has 126 valence electrons. The first kappa shape index (κ1) is 18.8. The Morgan fingerprint density at radius 2 is 1.18 bits per heavy atom. The number of hydrogen-bond donors (Lipinski definition) is 0. The van der Waals surface area contributed by atoms with E-state index in [9.17, 15) is 26.3 Å². The first-order valence-corrected chi connectivity index (χ1v) is 7.14. The van der Waals surface area contributed by atoms with E-state index >= 15 is 0 Å². The van der Waals surface area contributed by atoms with Gasteiger partial charge in [-0.2, -0.15) is 26.3 Å². The zero-order valence-corrected chi connectivity index (χ0v) is 13.0. The summed E-state index contributed by atoms with van der Waals surface area (Å²) in [6, 6.07) is 1.85. The van der Waals surface area contributed by atoms with Crippen molar-refractivity contribution in [2.45, 2.75) is 58.8 Å². The lowest BCUT2D eigenvalue weighted by Crippen LogP contribution is -2.23. The molecule has 0 N–H and O–H groups in total. The topological polar surface area (TPSA) is 0 Å². The molecule has 1 aromatic rings. The minimum atomic E-state index is -4.80. The van der Waals surface area contributed by atoms with Gasteiger partial charge in [0.1, 0.15) is 0 Å². The van der Waals surface area contributed by atoms with Gasteiger partial charge >= 0.3 is 12.4 Å². The second-order valence-corrected chi connectivity index (χ2v) is 5.92. The molecule has 1 unspecified atom stereocenters. The molecule has 0 aliphatic rings. The van der Waals surface area contributed by atoms with Crippen molar-refractivity contribution < 1.29 is 26.3 Å². The average Bonchev–Trinajstić information content (AvgIpc) is 2.43. The Morgan fingerprint density at radius 1 is 0.818 bits per heavy atom. The van der Waals surface area contributed by atoms with Crippen LogP contribution in [0, 0.1) is 5.41 Å². The lowest BCUT2D eigenvalue weighted by atomic mass is 9.70. The fourth-order valence-electron chi connectivity index (χ4n) is 2.49. The Balaban J connectivity index is 3.48. The van der Waals surface area contributed by atoms with E-state index in [2.05, 4.69) is 0 Å². The third-order valence-corrected chi connectivity index (χ3v) is 4.77. The first-order chi connectivity index (χ1) is 9.85. The molecule has 0 heterocycles. The monoisotopic (exact) mass is 326 g/mol. The van der Waals surface area contributed by atoms with Gasteiger partial charge in [-0.1, -0.05) is 40.5 Å². The largest absolute Gasteiger partial charge is 0.416 e. The Morgan fingerprint density at radius 3 is 1.45 bits per heavy atom. The van der Waals surface area contributed by atoms with E-state index < -0.39 is 29.4 Å². The van der Waals surface area contributed by atoms with Gasteiger partial charge < -0.3 is 0 Å². The number of hydrogen-bond acceptors (Lipinski definition) is 0. The molecular formula is C16H20F6. The van der Waals surface area contributed by atoms with Crippen molar-refractivity contribution in [3.63, 3.8) is 0 Å². The molecule has 0 fully saturated rings. The predicted octanol–water partition coefficient (Wildman–Crippen LogP) is 6.65. The van der Waals surface area contributed by atoms with Crippen molar-refractivity contribution in [3.05, 3.63) is 34.9 Å². The summed E-state index contributed by atoms with van der Waals surface area (Å²) >= 11 is 0. The summed E-state index contributed by atoms with van der Waals surface area (Å²) in [6.07, 6.45) is -8.26. The van der Waals surface area contributed by atoms with Gasteiger partial charge in [0.15, 0.2) is 0 Å². The molecule has 1 atom stereocenters.